The van der Waals surface area contributed by atoms with Crippen molar-refractivity contribution in [1.82, 2.24) is 5.32 Å². The van der Waals surface area contributed by atoms with Gasteiger partial charge in [0.2, 0.25) is 5.91 Å². The first-order chi connectivity index (χ1) is 12.5. The molecule has 0 saturated heterocycles. The van der Waals surface area contributed by atoms with Crippen molar-refractivity contribution in [3.8, 4) is 5.75 Å². The molecule has 3 N–H and O–H groups in total. The van der Waals surface area contributed by atoms with E-state index in [-0.39, 0.29) is 18.9 Å². The molecule has 0 saturated carbocycles. The number of halogens is 1. The Bertz CT molecular complexity index is 602. The summed E-state index contributed by atoms with van der Waals surface area (Å²) in [6, 6.07) is 7.23. The number of alkyl halides is 1. The van der Waals surface area contributed by atoms with Crippen molar-refractivity contribution in [1.29, 1.82) is 0 Å². The first-order valence-corrected chi connectivity index (χ1v) is 8.61. The Morgan fingerprint density at radius 1 is 1.19 bits per heavy atom. The Hall–Kier alpha value is -2.48. The van der Waals surface area contributed by atoms with E-state index in [1.54, 1.807) is 38.1 Å². The molecule has 0 aliphatic rings. The number of hydrogen-bond acceptors (Lipinski definition) is 6. The van der Waals surface area contributed by atoms with Crippen LogP contribution < -0.4 is 15.8 Å². The number of amides is 1. The van der Waals surface area contributed by atoms with Gasteiger partial charge in [0.15, 0.2) is 0 Å². The zero-order valence-electron chi connectivity index (χ0n) is 16.5. The maximum absolute atomic E-state index is 13.0. The molecule has 7 nitrogen and oxygen atoms in total. The molecule has 2 atom stereocenters. The van der Waals surface area contributed by atoms with Crippen LogP contribution in [-0.4, -0.2) is 42.2 Å². The zero-order chi connectivity index (χ0) is 21.0. The highest BCUT2D eigenvalue weighted by atomic mass is 19.1. The molecular weight excluding hydrogens is 355 g/mol. The van der Waals surface area contributed by atoms with E-state index < -0.39 is 29.7 Å². The van der Waals surface area contributed by atoms with Crippen LogP contribution in [0.4, 0.5) is 4.39 Å². The second-order valence-electron chi connectivity index (χ2n) is 6.44. The molecule has 1 aromatic carbocycles. The third-order valence-corrected chi connectivity index (χ3v) is 3.03. The Kier molecular flexibility index (Phi) is 10.9. The van der Waals surface area contributed by atoms with Crippen molar-refractivity contribution in [2.24, 2.45) is 5.73 Å². The maximum Gasteiger partial charge on any atom is 0.333 e. The standard InChI is InChI=1S/C11H13NO3.C8H16FNO2/c1-8(12-9(2)13)11(14)15-10-6-4-3-5-7-10;1-4-12-7(11)6(10)5-8(2,3)9/h3-8H,1-2H3,(H,12,13);6H,4-5,10H2,1-3H3/t8-;6-/m00/s1. The number of hydrogen-bond donors (Lipinski definition) is 2. The first-order valence-electron chi connectivity index (χ1n) is 8.61. The minimum Gasteiger partial charge on any atom is -0.465 e. The summed E-state index contributed by atoms with van der Waals surface area (Å²) >= 11 is 0. The van der Waals surface area contributed by atoms with Gasteiger partial charge in [0.05, 0.1) is 6.61 Å². The molecule has 1 amide bonds. The minimum atomic E-state index is -1.42. The topological polar surface area (TPSA) is 108 Å². The second-order valence-corrected chi connectivity index (χ2v) is 6.44. The van der Waals surface area contributed by atoms with Gasteiger partial charge in [-0.2, -0.15) is 0 Å². The molecule has 1 rings (SSSR count). The molecule has 0 unspecified atom stereocenters. The van der Waals surface area contributed by atoms with E-state index in [1.165, 1.54) is 20.8 Å². The van der Waals surface area contributed by atoms with E-state index in [0.717, 1.165) is 0 Å². The summed E-state index contributed by atoms with van der Waals surface area (Å²) in [5, 5.41) is 2.45. The van der Waals surface area contributed by atoms with Crippen molar-refractivity contribution < 1.29 is 28.2 Å². The largest absolute Gasteiger partial charge is 0.465 e. The van der Waals surface area contributed by atoms with Gasteiger partial charge in [0.25, 0.3) is 0 Å². The van der Waals surface area contributed by atoms with Gasteiger partial charge in [-0.1, -0.05) is 18.2 Å². The number of para-hydroxylation sites is 1. The molecular formula is C19H29FN2O5. The molecule has 0 heterocycles. The van der Waals surface area contributed by atoms with Crippen LogP contribution in [0.25, 0.3) is 0 Å². The van der Waals surface area contributed by atoms with E-state index >= 15 is 0 Å². The normalized spacial score (nSPS) is 12.7. The number of ether oxygens (including phenoxy) is 2. The highest BCUT2D eigenvalue weighted by molar-refractivity contribution is 5.84. The second kappa shape index (κ2) is 12.0. The number of rotatable bonds is 7. The Labute approximate surface area is 159 Å². The molecule has 0 fully saturated rings. The zero-order valence-corrected chi connectivity index (χ0v) is 16.5. The van der Waals surface area contributed by atoms with Gasteiger partial charge in [-0.3, -0.25) is 9.59 Å². The lowest BCUT2D eigenvalue weighted by atomic mass is 10.0. The number of benzene rings is 1. The molecule has 0 aromatic heterocycles. The van der Waals surface area contributed by atoms with Crippen LogP contribution in [0.5, 0.6) is 5.75 Å². The van der Waals surface area contributed by atoms with Gasteiger partial charge in [-0.15, -0.1) is 0 Å². The summed E-state index contributed by atoms with van der Waals surface area (Å²) in [5.74, 6) is -0.799. The van der Waals surface area contributed by atoms with Gasteiger partial charge in [0.1, 0.15) is 23.5 Å². The van der Waals surface area contributed by atoms with Crippen molar-refractivity contribution in [3.05, 3.63) is 30.3 Å². The molecule has 0 bridgehead atoms. The van der Waals surface area contributed by atoms with Crippen LogP contribution in [-0.2, 0) is 19.1 Å². The van der Waals surface area contributed by atoms with Crippen molar-refractivity contribution in [2.45, 2.75) is 58.8 Å². The molecule has 1 aromatic rings. The number of nitrogens with one attached hydrogen (secondary N) is 1. The molecule has 152 valence electrons. The Morgan fingerprint density at radius 2 is 1.74 bits per heavy atom. The van der Waals surface area contributed by atoms with Crippen molar-refractivity contribution in [3.63, 3.8) is 0 Å². The van der Waals surface area contributed by atoms with Gasteiger partial charge in [0, 0.05) is 13.3 Å². The summed E-state index contributed by atoms with van der Waals surface area (Å²) in [7, 11) is 0. The minimum absolute atomic E-state index is 0.00810. The summed E-state index contributed by atoms with van der Waals surface area (Å²) < 4.78 is 22.6. The maximum atomic E-state index is 13.0. The van der Waals surface area contributed by atoms with Crippen LogP contribution >= 0.6 is 0 Å². The average molecular weight is 384 g/mol. The molecule has 0 spiro atoms. The van der Waals surface area contributed by atoms with E-state index in [4.69, 9.17) is 10.5 Å². The first kappa shape index (κ1) is 24.5. The number of carbonyl (C=O) groups excluding carboxylic acids is 3. The fourth-order valence-electron chi connectivity index (χ4n) is 1.91. The Morgan fingerprint density at radius 3 is 2.19 bits per heavy atom. The van der Waals surface area contributed by atoms with Gasteiger partial charge in [-0.25, -0.2) is 9.18 Å². The summed E-state index contributed by atoms with van der Waals surface area (Å²) in [4.78, 5) is 33.0. The fourth-order valence-corrected chi connectivity index (χ4v) is 1.91. The third-order valence-electron chi connectivity index (χ3n) is 3.03. The van der Waals surface area contributed by atoms with Gasteiger partial charge >= 0.3 is 11.9 Å². The van der Waals surface area contributed by atoms with Crippen LogP contribution in [0.15, 0.2) is 30.3 Å². The molecule has 27 heavy (non-hydrogen) atoms. The molecule has 0 aliphatic heterocycles. The molecule has 8 heteroatoms. The number of esters is 2. The van der Waals surface area contributed by atoms with E-state index in [9.17, 15) is 18.8 Å². The highest BCUT2D eigenvalue weighted by Crippen LogP contribution is 2.15. The smallest absolute Gasteiger partial charge is 0.333 e. The van der Waals surface area contributed by atoms with Crippen LogP contribution in [0.1, 0.15) is 41.0 Å². The van der Waals surface area contributed by atoms with Gasteiger partial charge < -0.3 is 20.5 Å². The van der Waals surface area contributed by atoms with Crippen LogP contribution in [0.2, 0.25) is 0 Å². The third kappa shape index (κ3) is 12.5. The summed E-state index contributed by atoms with van der Waals surface area (Å²) in [5.41, 5.74) is 3.95. The van der Waals surface area contributed by atoms with E-state index in [0.29, 0.717) is 5.75 Å². The lowest BCUT2D eigenvalue weighted by Crippen LogP contribution is -2.39. The van der Waals surface area contributed by atoms with E-state index in [2.05, 4.69) is 10.1 Å². The van der Waals surface area contributed by atoms with Crippen LogP contribution in [0.3, 0.4) is 0 Å². The Balaban J connectivity index is 0.000000516. The van der Waals surface area contributed by atoms with Crippen LogP contribution in [0, 0.1) is 0 Å². The fraction of sp³-hybridized carbons (Fsp3) is 0.526. The summed E-state index contributed by atoms with van der Waals surface area (Å²) in [6.45, 7) is 7.65. The quantitative estimate of drug-likeness (QED) is 0.551. The monoisotopic (exact) mass is 384 g/mol. The molecule has 0 aliphatic carbocycles. The highest BCUT2D eigenvalue weighted by Gasteiger charge is 2.25. The lowest BCUT2D eigenvalue weighted by Gasteiger charge is -2.17. The predicted molar refractivity (Wildman–Crippen MR) is 99.8 cm³/mol. The predicted octanol–water partition coefficient (Wildman–Crippen LogP) is 2.13. The van der Waals surface area contributed by atoms with Gasteiger partial charge in [-0.05, 0) is 39.8 Å². The van der Waals surface area contributed by atoms with Crippen molar-refractivity contribution >= 4 is 17.8 Å². The summed E-state index contributed by atoms with van der Waals surface area (Å²) in [6.07, 6.45) is -0.00810. The average Bonchev–Trinajstić information content (AvgIpc) is 2.54. The van der Waals surface area contributed by atoms with E-state index in [1.807, 2.05) is 6.07 Å². The van der Waals surface area contributed by atoms with Crippen molar-refractivity contribution in [2.75, 3.05) is 6.61 Å². The number of nitrogens with two attached hydrogens (primary N) is 1. The SMILES string of the molecule is CC(=O)N[C@@H](C)C(=O)Oc1ccccc1.CCOC(=O)[C@@H](N)CC(C)(C)F. The lowest BCUT2D eigenvalue weighted by molar-refractivity contribution is -0.145. The molecule has 0 radical (unpaired) electrons. The number of carbonyl (C=O) groups is 3.